The Bertz CT molecular complexity index is 590. The molecule has 19 heavy (non-hydrogen) atoms. The van der Waals surface area contributed by atoms with Crippen molar-refractivity contribution in [3.63, 3.8) is 0 Å². The molecule has 0 saturated carbocycles. The van der Waals surface area contributed by atoms with Crippen molar-refractivity contribution in [3.05, 3.63) is 46.8 Å². The van der Waals surface area contributed by atoms with Crippen LogP contribution in [0.5, 0.6) is 0 Å². The Labute approximate surface area is 112 Å². The Morgan fingerprint density at radius 2 is 2.21 bits per heavy atom. The van der Waals surface area contributed by atoms with Crippen LogP contribution in [0.1, 0.15) is 27.2 Å². The summed E-state index contributed by atoms with van der Waals surface area (Å²) in [7, 11) is 1.38. The molecule has 0 unspecified atom stereocenters. The quantitative estimate of drug-likeness (QED) is 0.827. The summed E-state index contributed by atoms with van der Waals surface area (Å²) in [6.07, 6.45) is 1.77. The van der Waals surface area contributed by atoms with Gasteiger partial charge in [0, 0.05) is 23.5 Å². The fraction of sp³-hybridized carbons (Fsp3) is 0.286. The molecule has 0 amide bonds. The van der Waals surface area contributed by atoms with Gasteiger partial charge in [-0.25, -0.2) is 4.79 Å². The van der Waals surface area contributed by atoms with Crippen molar-refractivity contribution in [1.82, 2.24) is 10.2 Å². The van der Waals surface area contributed by atoms with Crippen LogP contribution in [-0.2, 0) is 11.3 Å². The van der Waals surface area contributed by atoms with Crippen LogP contribution >= 0.6 is 0 Å². The van der Waals surface area contributed by atoms with Gasteiger partial charge in [-0.15, -0.1) is 0 Å². The molecule has 0 radical (unpaired) electrons. The topological polar surface area (TPSA) is 67.0 Å². The van der Waals surface area contributed by atoms with Gasteiger partial charge < -0.3 is 10.1 Å². The molecule has 5 heteroatoms. The number of hydrogen-bond donors (Lipinski definition) is 2. The highest BCUT2D eigenvalue weighted by atomic mass is 16.5. The molecule has 0 aliphatic rings. The summed E-state index contributed by atoms with van der Waals surface area (Å²) in [4.78, 5) is 11.7. The first kappa shape index (κ1) is 13.1. The van der Waals surface area contributed by atoms with Crippen LogP contribution in [0, 0.1) is 13.8 Å². The van der Waals surface area contributed by atoms with Crippen molar-refractivity contribution in [2.75, 3.05) is 12.4 Å². The van der Waals surface area contributed by atoms with Crippen LogP contribution in [-0.4, -0.2) is 23.3 Å². The lowest BCUT2D eigenvalue weighted by Gasteiger charge is -2.11. The summed E-state index contributed by atoms with van der Waals surface area (Å²) in [5, 5.41) is 10.1. The molecule has 1 aromatic carbocycles. The van der Waals surface area contributed by atoms with Gasteiger partial charge in [-0.1, -0.05) is 11.6 Å². The third kappa shape index (κ3) is 2.93. The number of aromatic amines is 1. The number of H-pyrrole nitrogens is 1. The number of hydrogen-bond acceptors (Lipinski definition) is 4. The van der Waals surface area contributed by atoms with Crippen molar-refractivity contribution in [2.45, 2.75) is 20.4 Å². The molecule has 0 atom stereocenters. The third-order valence-electron chi connectivity index (χ3n) is 2.98. The van der Waals surface area contributed by atoms with Gasteiger partial charge in [0.15, 0.2) is 0 Å². The second-order valence-electron chi connectivity index (χ2n) is 4.41. The van der Waals surface area contributed by atoms with Gasteiger partial charge in [-0.3, -0.25) is 5.10 Å². The molecule has 0 aliphatic carbocycles. The maximum Gasteiger partial charge on any atom is 0.339 e. The fourth-order valence-corrected chi connectivity index (χ4v) is 1.84. The van der Waals surface area contributed by atoms with E-state index in [0.717, 1.165) is 22.5 Å². The fourth-order valence-electron chi connectivity index (χ4n) is 1.84. The van der Waals surface area contributed by atoms with E-state index in [1.54, 1.807) is 6.20 Å². The lowest BCUT2D eigenvalue weighted by molar-refractivity contribution is 0.0601. The zero-order chi connectivity index (χ0) is 13.8. The van der Waals surface area contributed by atoms with Crippen molar-refractivity contribution >= 4 is 11.7 Å². The number of carbonyl (C=O) groups excluding carboxylic acids is 1. The van der Waals surface area contributed by atoms with Crippen LogP contribution in [0.2, 0.25) is 0 Å². The highest BCUT2D eigenvalue weighted by Gasteiger charge is 2.12. The first-order valence-electron chi connectivity index (χ1n) is 6.03. The number of aromatic nitrogens is 2. The molecule has 0 fully saturated rings. The van der Waals surface area contributed by atoms with Gasteiger partial charge in [0.05, 0.1) is 18.9 Å². The van der Waals surface area contributed by atoms with Crippen LogP contribution in [0.15, 0.2) is 24.4 Å². The molecule has 0 aliphatic heterocycles. The number of rotatable bonds is 4. The third-order valence-corrected chi connectivity index (χ3v) is 2.98. The van der Waals surface area contributed by atoms with E-state index >= 15 is 0 Å². The van der Waals surface area contributed by atoms with Gasteiger partial charge in [0.25, 0.3) is 0 Å². The average Bonchev–Trinajstić information content (AvgIpc) is 2.82. The summed E-state index contributed by atoms with van der Waals surface area (Å²) in [6.45, 7) is 4.51. The molecule has 1 heterocycles. The highest BCUT2D eigenvalue weighted by Crippen LogP contribution is 2.19. The van der Waals surface area contributed by atoms with Crippen molar-refractivity contribution in [2.24, 2.45) is 0 Å². The highest BCUT2D eigenvalue weighted by molar-refractivity contribution is 5.95. The first-order valence-corrected chi connectivity index (χ1v) is 6.03. The Morgan fingerprint density at radius 1 is 1.42 bits per heavy atom. The number of esters is 1. The van der Waals surface area contributed by atoms with E-state index in [4.69, 9.17) is 4.74 Å². The van der Waals surface area contributed by atoms with E-state index in [1.165, 1.54) is 7.11 Å². The minimum atomic E-state index is -0.338. The number of aryl methyl sites for hydroxylation is 2. The number of methoxy groups -OCH3 is 1. The van der Waals surface area contributed by atoms with Crippen molar-refractivity contribution in [1.29, 1.82) is 0 Å². The average molecular weight is 259 g/mol. The Balaban J connectivity index is 2.20. The molecule has 2 aromatic rings. The SMILES string of the molecule is COC(=O)c1cc(C)ccc1NCc1cn[nH]c1C. The van der Waals surface area contributed by atoms with Gasteiger partial charge in [0.2, 0.25) is 0 Å². The Morgan fingerprint density at radius 3 is 2.84 bits per heavy atom. The number of nitrogens with zero attached hydrogens (tertiary/aromatic N) is 1. The van der Waals surface area contributed by atoms with Crippen LogP contribution in [0.4, 0.5) is 5.69 Å². The minimum Gasteiger partial charge on any atom is -0.465 e. The molecule has 5 nitrogen and oxygen atoms in total. The predicted octanol–water partition coefficient (Wildman–Crippen LogP) is 2.43. The van der Waals surface area contributed by atoms with Crippen LogP contribution in [0.25, 0.3) is 0 Å². The standard InChI is InChI=1S/C14H17N3O2/c1-9-4-5-13(12(6-9)14(18)19-3)15-7-11-8-16-17-10(11)2/h4-6,8,15H,7H2,1-3H3,(H,16,17). The first-order chi connectivity index (χ1) is 9.11. The van der Waals surface area contributed by atoms with Gasteiger partial charge in [0.1, 0.15) is 0 Å². The second-order valence-corrected chi connectivity index (χ2v) is 4.41. The minimum absolute atomic E-state index is 0.338. The van der Waals surface area contributed by atoms with Crippen LogP contribution in [0.3, 0.4) is 0 Å². The predicted molar refractivity (Wildman–Crippen MR) is 73.2 cm³/mol. The largest absolute Gasteiger partial charge is 0.465 e. The van der Waals surface area contributed by atoms with Crippen molar-refractivity contribution in [3.8, 4) is 0 Å². The molecule has 0 saturated heterocycles. The number of benzene rings is 1. The van der Waals surface area contributed by atoms with Gasteiger partial charge in [-0.2, -0.15) is 5.10 Å². The molecular weight excluding hydrogens is 242 g/mol. The lowest BCUT2D eigenvalue weighted by atomic mass is 10.1. The Hall–Kier alpha value is -2.30. The van der Waals surface area contributed by atoms with E-state index in [9.17, 15) is 4.79 Å². The van der Waals surface area contributed by atoms with E-state index in [-0.39, 0.29) is 5.97 Å². The molecular formula is C14H17N3O2. The molecule has 100 valence electrons. The lowest BCUT2D eigenvalue weighted by Crippen LogP contribution is -2.08. The number of nitrogens with one attached hydrogen (secondary N) is 2. The van der Waals surface area contributed by atoms with E-state index in [2.05, 4.69) is 15.5 Å². The molecule has 2 rings (SSSR count). The zero-order valence-corrected chi connectivity index (χ0v) is 11.3. The number of anilines is 1. The monoisotopic (exact) mass is 259 g/mol. The summed E-state index contributed by atoms with van der Waals surface area (Å²) in [6, 6.07) is 5.66. The molecule has 2 N–H and O–H groups in total. The summed E-state index contributed by atoms with van der Waals surface area (Å²) in [5.41, 5.74) is 4.41. The second kappa shape index (κ2) is 5.56. The van der Waals surface area contributed by atoms with Crippen molar-refractivity contribution < 1.29 is 9.53 Å². The Kier molecular flexibility index (Phi) is 3.85. The van der Waals surface area contributed by atoms with E-state index in [1.807, 2.05) is 32.0 Å². The maximum atomic E-state index is 11.7. The summed E-state index contributed by atoms with van der Waals surface area (Å²) >= 11 is 0. The maximum absolute atomic E-state index is 11.7. The van der Waals surface area contributed by atoms with Gasteiger partial charge in [-0.05, 0) is 26.0 Å². The summed E-state index contributed by atoms with van der Waals surface area (Å²) < 4.78 is 4.80. The molecule has 1 aromatic heterocycles. The van der Waals surface area contributed by atoms with E-state index < -0.39 is 0 Å². The molecule has 0 spiro atoms. The zero-order valence-electron chi connectivity index (χ0n) is 11.3. The number of carbonyl (C=O) groups is 1. The number of ether oxygens (including phenoxy) is 1. The summed E-state index contributed by atoms with van der Waals surface area (Å²) in [5.74, 6) is -0.338. The molecule has 0 bridgehead atoms. The van der Waals surface area contributed by atoms with Crippen LogP contribution < -0.4 is 5.32 Å². The normalized spacial score (nSPS) is 10.3. The smallest absolute Gasteiger partial charge is 0.339 e. The van der Waals surface area contributed by atoms with E-state index in [0.29, 0.717) is 12.1 Å². The van der Waals surface area contributed by atoms with Gasteiger partial charge >= 0.3 is 5.97 Å².